The van der Waals surface area contributed by atoms with Crippen molar-refractivity contribution in [3.8, 4) is 0 Å². The number of sulfone groups is 1. The molecule has 0 amide bonds. The lowest BCUT2D eigenvalue weighted by molar-refractivity contribution is 0.381. The molecule has 2 rings (SSSR count). The van der Waals surface area contributed by atoms with Gasteiger partial charge in [-0.05, 0) is 42.4 Å². The predicted octanol–water partition coefficient (Wildman–Crippen LogP) is 4.16. The zero-order valence-electron chi connectivity index (χ0n) is 12.1. The second kappa shape index (κ2) is 5.66. The molecule has 0 aromatic heterocycles. The van der Waals surface area contributed by atoms with Gasteiger partial charge in [0.2, 0.25) is 0 Å². The van der Waals surface area contributed by atoms with E-state index in [1.54, 1.807) is 12.1 Å². The molecule has 2 atom stereocenters. The summed E-state index contributed by atoms with van der Waals surface area (Å²) >= 11 is 0. The zero-order chi connectivity index (χ0) is 14.0. The van der Waals surface area contributed by atoms with Gasteiger partial charge in [0.25, 0.3) is 0 Å². The zero-order valence-corrected chi connectivity index (χ0v) is 12.9. The molecule has 106 valence electrons. The first-order valence-electron chi connectivity index (χ1n) is 7.27. The van der Waals surface area contributed by atoms with Crippen LogP contribution in [0.4, 0.5) is 0 Å². The van der Waals surface area contributed by atoms with Gasteiger partial charge in [-0.25, -0.2) is 8.42 Å². The summed E-state index contributed by atoms with van der Waals surface area (Å²) in [5.74, 6) is 0.717. The first-order valence-corrected chi connectivity index (χ1v) is 8.81. The average Bonchev–Trinajstić information content (AvgIpc) is 2.39. The van der Waals surface area contributed by atoms with Crippen molar-refractivity contribution in [2.24, 2.45) is 5.92 Å². The lowest BCUT2D eigenvalue weighted by Gasteiger charge is -2.28. The Labute approximate surface area is 117 Å². The SMILES string of the molecule is CC(C)c1ccc(S(=O)(=O)C2CCCCC2C)cc1. The molecule has 1 aromatic rings. The van der Waals surface area contributed by atoms with E-state index in [1.165, 1.54) is 12.0 Å². The summed E-state index contributed by atoms with van der Waals surface area (Å²) in [6.45, 7) is 6.31. The molecule has 0 radical (unpaired) electrons. The van der Waals surface area contributed by atoms with Crippen LogP contribution >= 0.6 is 0 Å². The van der Waals surface area contributed by atoms with Crippen LogP contribution in [0.1, 0.15) is 57.9 Å². The van der Waals surface area contributed by atoms with Crippen LogP contribution in [0.3, 0.4) is 0 Å². The van der Waals surface area contributed by atoms with Crippen molar-refractivity contribution in [2.75, 3.05) is 0 Å². The number of benzene rings is 1. The molecule has 0 aliphatic heterocycles. The van der Waals surface area contributed by atoms with Gasteiger partial charge in [-0.2, -0.15) is 0 Å². The van der Waals surface area contributed by atoms with Crippen LogP contribution in [0.15, 0.2) is 29.2 Å². The molecule has 0 heterocycles. The van der Waals surface area contributed by atoms with Crippen LogP contribution in [0, 0.1) is 5.92 Å². The van der Waals surface area contributed by atoms with Crippen LogP contribution in [-0.4, -0.2) is 13.7 Å². The monoisotopic (exact) mass is 280 g/mol. The van der Waals surface area contributed by atoms with E-state index < -0.39 is 9.84 Å². The maximum absolute atomic E-state index is 12.7. The van der Waals surface area contributed by atoms with Gasteiger partial charge < -0.3 is 0 Å². The summed E-state index contributed by atoms with van der Waals surface area (Å²) in [6.07, 6.45) is 4.06. The first kappa shape index (κ1) is 14.6. The highest BCUT2D eigenvalue weighted by molar-refractivity contribution is 7.92. The van der Waals surface area contributed by atoms with Gasteiger partial charge >= 0.3 is 0 Å². The summed E-state index contributed by atoms with van der Waals surface area (Å²) < 4.78 is 25.4. The molecule has 0 saturated heterocycles. The minimum Gasteiger partial charge on any atom is -0.223 e. The molecule has 1 aromatic carbocycles. The number of hydrogen-bond donors (Lipinski definition) is 0. The van der Waals surface area contributed by atoms with Gasteiger partial charge in [0.1, 0.15) is 0 Å². The summed E-state index contributed by atoms with van der Waals surface area (Å²) in [6, 6.07) is 7.47. The summed E-state index contributed by atoms with van der Waals surface area (Å²) in [5, 5.41) is -0.189. The van der Waals surface area contributed by atoms with Crippen molar-refractivity contribution >= 4 is 9.84 Å². The van der Waals surface area contributed by atoms with Crippen molar-refractivity contribution in [3.63, 3.8) is 0 Å². The van der Waals surface area contributed by atoms with Crippen LogP contribution < -0.4 is 0 Å². The molecular formula is C16H24O2S. The molecule has 0 bridgehead atoms. The molecule has 0 N–H and O–H groups in total. The molecule has 2 nitrogen and oxygen atoms in total. The van der Waals surface area contributed by atoms with Crippen molar-refractivity contribution in [3.05, 3.63) is 29.8 Å². The van der Waals surface area contributed by atoms with E-state index in [-0.39, 0.29) is 11.2 Å². The van der Waals surface area contributed by atoms with Gasteiger partial charge in [-0.1, -0.05) is 45.7 Å². The molecule has 19 heavy (non-hydrogen) atoms. The molecular weight excluding hydrogens is 256 g/mol. The third-order valence-corrected chi connectivity index (χ3v) is 6.73. The molecule has 1 aliphatic rings. The Kier molecular flexibility index (Phi) is 4.34. The van der Waals surface area contributed by atoms with Gasteiger partial charge in [0.15, 0.2) is 9.84 Å². The van der Waals surface area contributed by atoms with E-state index in [0.717, 1.165) is 19.3 Å². The van der Waals surface area contributed by atoms with E-state index in [2.05, 4.69) is 20.8 Å². The maximum atomic E-state index is 12.7. The minimum absolute atomic E-state index is 0.189. The van der Waals surface area contributed by atoms with Crippen LogP contribution in [0.25, 0.3) is 0 Å². The first-order chi connectivity index (χ1) is 8.93. The van der Waals surface area contributed by atoms with Gasteiger partial charge in [0.05, 0.1) is 10.1 Å². The second-order valence-corrected chi connectivity index (χ2v) is 8.24. The molecule has 1 fully saturated rings. The Morgan fingerprint density at radius 3 is 2.16 bits per heavy atom. The highest BCUT2D eigenvalue weighted by Gasteiger charge is 2.33. The number of hydrogen-bond acceptors (Lipinski definition) is 2. The summed E-state index contributed by atoms with van der Waals surface area (Å²) in [5.41, 5.74) is 1.19. The van der Waals surface area contributed by atoms with Gasteiger partial charge in [0, 0.05) is 0 Å². The number of rotatable bonds is 3. The predicted molar refractivity (Wildman–Crippen MR) is 79.1 cm³/mol. The van der Waals surface area contributed by atoms with Crippen molar-refractivity contribution < 1.29 is 8.42 Å². The topological polar surface area (TPSA) is 34.1 Å². The van der Waals surface area contributed by atoms with Crippen molar-refractivity contribution in [1.82, 2.24) is 0 Å². The summed E-state index contributed by atoms with van der Waals surface area (Å²) in [4.78, 5) is 0.496. The Balaban J connectivity index is 2.28. The fourth-order valence-corrected chi connectivity index (χ4v) is 5.05. The Morgan fingerprint density at radius 2 is 1.63 bits per heavy atom. The van der Waals surface area contributed by atoms with Crippen LogP contribution in [0.5, 0.6) is 0 Å². The lowest BCUT2D eigenvalue weighted by Crippen LogP contribution is -2.31. The fraction of sp³-hybridized carbons (Fsp3) is 0.625. The molecule has 2 unspecified atom stereocenters. The van der Waals surface area contributed by atoms with E-state index in [9.17, 15) is 8.42 Å². The average molecular weight is 280 g/mol. The third kappa shape index (κ3) is 3.02. The van der Waals surface area contributed by atoms with E-state index in [1.807, 2.05) is 12.1 Å². The van der Waals surface area contributed by atoms with E-state index in [4.69, 9.17) is 0 Å². The Hall–Kier alpha value is -0.830. The third-order valence-electron chi connectivity index (χ3n) is 4.31. The fourth-order valence-electron chi connectivity index (χ4n) is 2.96. The lowest BCUT2D eigenvalue weighted by atomic mass is 9.90. The van der Waals surface area contributed by atoms with Gasteiger partial charge in [-0.3, -0.25) is 0 Å². The van der Waals surface area contributed by atoms with Crippen LogP contribution in [0.2, 0.25) is 0 Å². The molecule has 0 spiro atoms. The Morgan fingerprint density at radius 1 is 1.05 bits per heavy atom. The molecule has 1 aliphatic carbocycles. The largest absolute Gasteiger partial charge is 0.223 e. The van der Waals surface area contributed by atoms with Crippen molar-refractivity contribution in [1.29, 1.82) is 0 Å². The highest BCUT2D eigenvalue weighted by atomic mass is 32.2. The highest BCUT2D eigenvalue weighted by Crippen LogP contribution is 2.33. The Bertz CT molecular complexity index is 514. The smallest absolute Gasteiger partial charge is 0.181 e. The van der Waals surface area contributed by atoms with E-state index >= 15 is 0 Å². The van der Waals surface area contributed by atoms with Crippen LogP contribution in [-0.2, 0) is 9.84 Å². The quantitative estimate of drug-likeness (QED) is 0.833. The molecule has 3 heteroatoms. The second-order valence-electron chi connectivity index (χ2n) is 6.07. The van der Waals surface area contributed by atoms with Crippen molar-refractivity contribution in [2.45, 2.75) is 62.5 Å². The molecule has 1 saturated carbocycles. The van der Waals surface area contributed by atoms with E-state index in [0.29, 0.717) is 10.8 Å². The maximum Gasteiger partial charge on any atom is 0.181 e. The normalized spacial score (nSPS) is 24.6. The van der Waals surface area contributed by atoms with Gasteiger partial charge in [-0.15, -0.1) is 0 Å². The summed E-state index contributed by atoms with van der Waals surface area (Å²) in [7, 11) is -3.15. The minimum atomic E-state index is -3.15. The standard InChI is InChI=1S/C16H24O2S/c1-12(2)14-8-10-15(11-9-14)19(17,18)16-7-5-4-6-13(16)3/h8-13,16H,4-7H2,1-3H3.